The number of carbonyl (C=O) groups is 1. The summed E-state index contributed by atoms with van der Waals surface area (Å²) in [6.45, 7) is 7.01. The third-order valence-electron chi connectivity index (χ3n) is 3.15. The van der Waals surface area contributed by atoms with Crippen LogP contribution in [0.3, 0.4) is 0 Å². The standard InChI is InChI=1S/C11H20N2O2/c1-10-8-13(6-7-15-10)11(14)9-12-4-2-3-5-12/h10H,2-9H2,1H3. The van der Waals surface area contributed by atoms with E-state index < -0.39 is 0 Å². The Morgan fingerprint density at radius 1 is 1.33 bits per heavy atom. The van der Waals surface area contributed by atoms with Crippen LogP contribution < -0.4 is 0 Å². The average molecular weight is 212 g/mol. The zero-order chi connectivity index (χ0) is 10.7. The van der Waals surface area contributed by atoms with Crippen LogP contribution in [-0.2, 0) is 9.53 Å². The van der Waals surface area contributed by atoms with Crippen LogP contribution in [0, 0.1) is 0 Å². The van der Waals surface area contributed by atoms with Crippen LogP contribution >= 0.6 is 0 Å². The molecule has 4 heteroatoms. The van der Waals surface area contributed by atoms with Crippen molar-refractivity contribution in [2.75, 3.05) is 39.3 Å². The summed E-state index contributed by atoms with van der Waals surface area (Å²) >= 11 is 0. The van der Waals surface area contributed by atoms with Crippen molar-refractivity contribution in [3.05, 3.63) is 0 Å². The monoisotopic (exact) mass is 212 g/mol. The Morgan fingerprint density at radius 2 is 2.07 bits per heavy atom. The van der Waals surface area contributed by atoms with Crippen LogP contribution in [0.25, 0.3) is 0 Å². The van der Waals surface area contributed by atoms with Gasteiger partial charge in [-0.2, -0.15) is 0 Å². The van der Waals surface area contributed by atoms with Gasteiger partial charge in [0.1, 0.15) is 0 Å². The first-order valence-corrected chi connectivity index (χ1v) is 5.87. The minimum atomic E-state index is 0.196. The van der Waals surface area contributed by atoms with Crippen molar-refractivity contribution in [2.24, 2.45) is 0 Å². The summed E-state index contributed by atoms with van der Waals surface area (Å²) in [7, 11) is 0. The molecule has 2 fully saturated rings. The predicted octanol–water partition coefficient (Wildman–Crippen LogP) is 0.329. The summed E-state index contributed by atoms with van der Waals surface area (Å²) in [6.07, 6.45) is 2.68. The van der Waals surface area contributed by atoms with Gasteiger partial charge in [0.05, 0.1) is 19.3 Å². The van der Waals surface area contributed by atoms with Crippen molar-refractivity contribution in [3.63, 3.8) is 0 Å². The molecule has 2 aliphatic rings. The lowest BCUT2D eigenvalue weighted by atomic mass is 10.3. The van der Waals surface area contributed by atoms with Gasteiger partial charge in [-0.15, -0.1) is 0 Å². The molecule has 2 aliphatic heterocycles. The molecule has 0 aromatic rings. The molecule has 0 N–H and O–H groups in total. The summed E-state index contributed by atoms with van der Waals surface area (Å²) in [6, 6.07) is 0. The van der Waals surface area contributed by atoms with Gasteiger partial charge in [0.2, 0.25) is 5.91 Å². The van der Waals surface area contributed by atoms with Gasteiger partial charge in [0.15, 0.2) is 0 Å². The highest BCUT2D eigenvalue weighted by Gasteiger charge is 2.23. The van der Waals surface area contributed by atoms with E-state index in [0.717, 1.165) is 26.2 Å². The molecular weight excluding hydrogens is 192 g/mol. The Balaban J connectivity index is 1.78. The van der Waals surface area contributed by atoms with Crippen LogP contribution in [0.2, 0.25) is 0 Å². The topological polar surface area (TPSA) is 32.8 Å². The van der Waals surface area contributed by atoms with Gasteiger partial charge in [-0.05, 0) is 32.9 Å². The first-order chi connectivity index (χ1) is 7.25. The van der Waals surface area contributed by atoms with Crippen LogP contribution in [-0.4, -0.2) is 61.1 Å². The SMILES string of the molecule is CC1CN(C(=O)CN2CCCC2)CCO1. The molecule has 0 aromatic carbocycles. The van der Waals surface area contributed by atoms with E-state index in [1.165, 1.54) is 12.8 Å². The summed E-state index contributed by atoms with van der Waals surface area (Å²) in [4.78, 5) is 16.1. The van der Waals surface area contributed by atoms with Crippen molar-refractivity contribution in [2.45, 2.75) is 25.9 Å². The van der Waals surface area contributed by atoms with Crippen LogP contribution in [0.15, 0.2) is 0 Å². The minimum absolute atomic E-state index is 0.196. The third kappa shape index (κ3) is 2.92. The Hall–Kier alpha value is -0.610. The van der Waals surface area contributed by atoms with Crippen molar-refractivity contribution in [1.29, 1.82) is 0 Å². The molecule has 0 spiro atoms. The zero-order valence-electron chi connectivity index (χ0n) is 9.45. The quantitative estimate of drug-likeness (QED) is 0.661. The number of nitrogens with zero attached hydrogens (tertiary/aromatic N) is 2. The second kappa shape index (κ2) is 4.94. The normalized spacial score (nSPS) is 28.3. The van der Waals surface area contributed by atoms with Crippen molar-refractivity contribution < 1.29 is 9.53 Å². The van der Waals surface area contributed by atoms with E-state index in [1.807, 2.05) is 11.8 Å². The van der Waals surface area contributed by atoms with E-state index in [9.17, 15) is 4.79 Å². The van der Waals surface area contributed by atoms with Gasteiger partial charge in [-0.25, -0.2) is 0 Å². The summed E-state index contributed by atoms with van der Waals surface area (Å²) in [5, 5.41) is 0. The number of morpholine rings is 1. The molecule has 0 bridgehead atoms. The Kier molecular flexibility index (Phi) is 3.59. The second-order valence-corrected chi connectivity index (χ2v) is 4.50. The van der Waals surface area contributed by atoms with E-state index >= 15 is 0 Å². The smallest absolute Gasteiger partial charge is 0.236 e. The highest BCUT2D eigenvalue weighted by atomic mass is 16.5. The average Bonchev–Trinajstić information content (AvgIpc) is 2.70. The fraction of sp³-hybridized carbons (Fsp3) is 0.909. The predicted molar refractivity (Wildman–Crippen MR) is 57.7 cm³/mol. The molecule has 1 amide bonds. The lowest BCUT2D eigenvalue weighted by Crippen LogP contribution is -2.47. The highest BCUT2D eigenvalue weighted by molar-refractivity contribution is 5.78. The van der Waals surface area contributed by atoms with E-state index in [1.54, 1.807) is 0 Å². The van der Waals surface area contributed by atoms with E-state index in [2.05, 4.69) is 4.90 Å². The van der Waals surface area contributed by atoms with Gasteiger partial charge >= 0.3 is 0 Å². The molecule has 4 nitrogen and oxygen atoms in total. The van der Waals surface area contributed by atoms with Gasteiger partial charge in [-0.3, -0.25) is 9.69 Å². The van der Waals surface area contributed by atoms with Crippen LogP contribution in [0.4, 0.5) is 0 Å². The maximum Gasteiger partial charge on any atom is 0.236 e. The summed E-state index contributed by atoms with van der Waals surface area (Å²) in [5.74, 6) is 0.270. The first kappa shape index (κ1) is 10.9. The molecule has 0 saturated carbocycles. The third-order valence-corrected chi connectivity index (χ3v) is 3.15. The summed E-state index contributed by atoms with van der Waals surface area (Å²) in [5.41, 5.74) is 0. The molecule has 0 aromatic heterocycles. The van der Waals surface area contributed by atoms with Crippen molar-refractivity contribution >= 4 is 5.91 Å². The molecule has 2 saturated heterocycles. The molecule has 1 atom stereocenters. The Labute approximate surface area is 91.2 Å². The number of ether oxygens (including phenoxy) is 1. The maximum absolute atomic E-state index is 11.9. The number of hydrogen-bond acceptors (Lipinski definition) is 3. The first-order valence-electron chi connectivity index (χ1n) is 5.87. The molecule has 15 heavy (non-hydrogen) atoms. The van der Waals surface area contributed by atoms with E-state index in [0.29, 0.717) is 13.2 Å². The molecule has 0 aliphatic carbocycles. The van der Waals surface area contributed by atoms with Gasteiger partial charge < -0.3 is 9.64 Å². The maximum atomic E-state index is 11.9. The number of likely N-dealkylation sites (tertiary alicyclic amines) is 1. The molecule has 0 radical (unpaired) electrons. The molecular formula is C11H20N2O2. The zero-order valence-corrected chi connectivity index (χ0v) is 9.45. The number of rotatable bonds is 2. The summed E-state index contributed by atoms with van der Waals surface area (Å²) < 4.78 is 5.42. The molecule has 2 rings (SSSR count). The van der Waals surface area contributed by atoms with Gasteiger partial charge in [0, 0.05) is 13.1 Å². The molecule has 1 unspecified atom stereocenters. The Bertz CT molecular complexity index is 227. The van der Waals surface area contributed by atoms with E-state index in [4.69, 9.17) is 4.74 Å². The van der Waals surface area contributed by atoms with Crippen molar-refractivity contribution in [1.82, 2.24) is 9.80 Å². The highest BCUT2D eigenvalue weighted by Crippen LogP contribution is 2.09. The fourth-order valence-corrected chi connectivity index (χ4v) is 2.28. The number of carbonyl (C=O) groups excluding carboxylic acids is 1. The number of amides is 1. The van der Waals surface area contributed by atoms with Gasteiger partial charge in [0.25, 0.3) is 0 Å². The minimum Gasteiger partial charge on any atom is -0.375 e. The van der Waals surface area contributed by atoms with Crippen LogP contribution in [0.5, 0.6) is 0 Å². The second-order valence-electron chi connectivity index (χ2n) is 4.50. The lowest BCUT2D eigenvalue weighted by molar-refractivity contribution is -0.139. The lowest BCUT2D eigenvalue weighted by Gasteiger charge is -2.32. The van der Waals surface area contributed by atoms with E-state index in [-0.39, 0.29) is 12.0 Å². The molecule has 2 heterocycles. The largest absolute Gasteiger partial charge is 0.375 e. The van der Waals surface area contributed by atoms with Crippen LogP contribution in [0.1, 0.15) is 19.8 Å². The fourth-order valence-electron chi connectivity index (χ4n) is 2.28. The molecule has 86 valence electrons. The van der Waals surface area contributed by atoms with Crippen molar-refractivity contribution in [3.8, 4) is 0 Å². The Morgan fingerprint density at radius 3 is 2.73 bits per heavy atom. The van der Waals surface area contributed by atoms with Gasteiger partial charge in [-0.1, -0.05) is 0 Å². The number of hydrogen-bond donors (Lipinski definition) is 0.